The number of amides is 2. The van der Waals surface area contributed by atoms with Crippen molar-refractivity contribution in [2.45, 2.75) is 25.3 Å². The summed E-state index contributed by atoms with van der Waals surface area (Å²) in [5, 5.41) is 0.509. The number of carbonyl (C=O) groups excluding carboxylic acids is 3. The van der Waals surface area contributed by atoms with Crippen molar-refractivity contribution in [1.82, 2.24) is 4.90 Å². The number of rotatable bonds is 6. The number of anilines is 1. The molecule has 0 radical (unpaired) electrons. The summed E-state index contributed by atoms with van der Waals surface area (Å²) in [6.45, 7) is 4.48. The van der Waals surface area contributed by atoms with Crippen LogP contribution in [0.3, 0.4) is 0 Å². The Morgan fingerprint density at radius 2 is 1.85 bits per heavy atom. The van der Waals surface area contributed by atoms with Crippen LogP contribution in [0.15, 0.2) is 48.5 Å². The van der Waals surface area contributed by atoms with Gasteiger partial charge in [-0.25, -0.2) is 0 Å². The summed E-state index contributed by atoms with van der Waals surface area (Å²) in [5.41, 5.74) is 0.715. The fourth-order valence-electron chi connectivity index (χ4n) is 5.11. The molecule has 2 amide bonds. The predicted molar refractivity (Wildman–Crippen MR) is 124 cm³/mol. The second kappa shape index (κ2) is 9.15. The van der Waals surface area contributed by atoms with E-state index in [1.165, 1.54) is 4.90 Å². The third kappa shape index (κ3) is 3.79. The Bertz CT molecular complexity index is 1070. The average Bonchev–Trinajstić information content (AvgIpc) is 3.14. The number of nitrogens with zero attached hydrogens (tertiary/aromatic N) is 2. The Morgan fingerprint density at radius 1 is 1.15 bits per heavy atom. The van der Waals surface area contributed by atoms with Gasteiger partial charge in [-0.2, -0.15) is 0 Å². The lowest BCUT2D eigenvalue weighted by Crippen LogP contribution is -2.62. The van der Waals surface area contributed by atoms with Crippen LogP contribution < -0.4 is 4.90 Å². The van der Waals surface area contributed by atoms with Crippen molar-refractivity contribution in [3.05, 3.63) is 64.7 Å². The van der Waals surface area contributed by atoms with Crippen LogP contribution in [-0.2, 0) is 19.1 Å². The molecule has 2 aromatic rings. The van der Waals surface area contributed by atoms with Gasteiger partial charge in [-0.15, -0.1) is 0 Å². The van der Waals surface area contributed by atoms with E-state index in [1.54, 1.807) is 50.1 Å². The second-order valence-electron chi connectivity index (χ2n) is 8.41. The van der Waals surface area contributed by atoms with Crippen molar-refractivity contribution in [3.8, 4) is 0 Å². The minimum absolute atomic E-state index is 0.0830. The van der Waals surface area contributed by atoms with Crippen LogP contribution in [0.2, 0.25) is 5.02 Å². The van der Waals surface area contributed by atoms with Gasteiger partial charge < -0.3 is 19.3 Å². The third-order valence-corrected chi connectivity index (χ3v) is 6.89. The lowest BCUT2D eigenvalue weighted by atomic mass is 9.72. The first kappa shape index (κ1) is 23.3. The zero-order chi connectivity index (χ0) is 23.8. The van der Waals surface area contributed by atoms with Crippen molar-refractivity contribution in [2.75, 3.05) is 38.3 Å². The molecule has 7 nitrogen and oxygen atoms in total. The number of fused-ring (bicyclic) bond motifs is 3. The van der Waals surface area contributed by atoms with Gasteiger partial charge in [0, 0.05) is 42.4 Å². The number of methoxy groups -OCH3 is 1. The number of hydrogen-bond donors (Lipinski definition) is 0. The lowest BCUT2D eigenvalue weighted by molar-refractivity contribution is -0.148. The van der Waals surface area contributed by atoms with Gasteiger partial charge in [0.1, 0.15) is 5.54 Å². The fourth-order valence-corrected chi connectivity index (χ4v) is 5.23. The highest BCUT2D eigenvalue weighted by molar-refractivity contribution is 6.30. The molecule has 1 fully saturated rings. The average molecular weight is 471 g/mol. The number of ether oxygens (including phenoxy) is 2. The van der Waals surface area contributed by atoms with Crippen molar-refractivity contribution < 1.29 is 23.9 Å². The topological polar surface area (TPSA) is 76.2 Å². The summed E-state index contributed by atoms with van der Waals surface area (Å²) in [4.78, 5) is 43.9. The number of benzene rings is 2. The first-order chi connectivity index (χ1) is 15.8. The summed E-state index contributed by atoms with van der Waals surface area (Å²) in [6, 6.07) is 14.1. The Morgan fingerprint density at radius 3 is 2.52 bits per heavy atom. The molecule has 0 N–H and O–H groups in total. The van der Waals surface area contributed by atoms with Gasteiger partial charge in [-0.1, -0.05) is 29.8 Å². The maximum absolute atomic E-state index is 14.0. The minimum Gasteiger partial charge on any atom is -0.466 e. The van der Waals surface area contributed by atoms with Crippen LogP contribution in [0.1, 0.15) is 35.7 Å². The molecule has 0 unspecified atom stereocenters. The Kier molecular flexibility index (Phi) is 6.45. The van der Waals surface area contributed by atoms with Crippen LogP contribution in [0.5, 0.6) is 0 Å². The highest BCUT2D eigenvalue weighted by atomic mass is 35.5. The maximum Gasteiger partial charge on any atom is 0.311 e. The van der Waals surface area contributed by atoms with Gasteiger partial charge in [0.25, 0.3) is 11.8 Å². The van der Waals surface area contributed by atoms with Crippen molar-refractivity contribution in [2.24, 2.45) is 5.92 Å². The molecule has 2 heterocycles. The fraction of sp³-hybridized carbons (Fsp3) is 0.400. The largest absolute Gasteiger partial charge is 0.466 e. The second-order valence-corrected chi connectivity index (χ2v) is 8.85. The number of halogens is 1. The van der Waals surface area contributed by atoms with E-state index >= 15 is 0 Å². The van der Waals surface area contributed by atoms with Gasteiger partial charge >= 0.3 is 5.97 Å². The molecule has 33 heavy (non-hydrogen) atoms. The monoisotopic (exact) mass is 470 g/mol. The van der Waals surface area contributed by atoms with Crippen molar-refractivity contribution in [3.63, 3.8) is 0 Å². The van der Waals surface area contributed by atoms with Crippen LogP contribution in [0, 0.1) is 5.92 Å². The molecule has 2 aromatic carbocycles. The molecule has 3 atom stereocenters. The molecule has 0 aliphatic carbocycles. The van der Waals surface area contributed by atoms with Gasteiger partial charge in [-0.05, 0) is 49.7 Å². The molecule has 0 spiro atoms. The highest BCUT2D eigenvalue weighted by Gasteiger charge is 2.63. The van der Waals surface area contributed by atoms with Crippen LogP contribution >= 0.6 is 11.6 Å². The first-order valence-electron chi connectivity index (χ1n) is 11.0. The van der Waals surface area contributed by atoms with Gasteiger partial charge in [0.2, 0.25) is 0 Å². The molecule has 0 saturated carbocycles. The van der Waals surface area contributed by atoms with Crippen molar-refractivity contribution in [1.29, 1.82) is 0 Å². The van der Waals surface area contributed by atoms with Crippen molar-refractivity contribution >= 4 is 35.1 Å². The van der Waals surface area contributed by atoms with Gasteiger partial charge in [0.05, 0.1) is 19.1 Å². The van der Waals surface area contributed by atoms with Crippen LogP contribution in [0.4, 0.5) is 5.69 Å². The van der Waals surface area contributed by atoms with E-state index in [1.807, 2.05) is 24.3 Å². The quantitative estimate of drug-likeness (QED) is 0.604. The number of para-hydroxylation sites is 1. The molecule has 0 bridgehead atoms. The highest BCUT2D eigenvalue weighted by Crippen LogP contribution is 2.53. The molecule has 174 valence electrons. The molecule has 2 aliphatic rings. The molecule has 4 rings (SSSR count). The van der Waals surface area contributed by atoms with E-state index in [9.17, 15) is 14.4 Å². The minimum atomic E-state index is -1.27. The number of likely N-dealkylation sites (tertiary alicyclic amines) is 1. The molecule has 1 saturated heterocycles. The lowest BCUT2D eigenvalue weighted by Gasteiger charge is -2.46. The van der Waals surface area contributed by atoms with E-state index in [4.69, 9.17) is 21.1 Å². The molecular weight excluding hydrogens is 444 g/mol. The van der Waals surface area contributed by atoms with E-state index in [0.717, 1.165) is 11.3 Å². The number of esters is 1. The van der Waals surface area contributed by atoms with E-state index in [2.05, 4.69) is 0 Å². The van der Waals surface area contributed by atoms with Crippen LogP contribution in [0.25, 0.3) is 0 Å². The summed E-state index contributed by atoms with van der Waals surface area (Å²) < 4.78 is 10.6. The molecule has 2 aliphatic heterocycles. The zero-order valence-corrected chi connectivity index (χ0v) is 19.7. The smallest absolute Gasteiger partial charge is 0.311 e. The summed E-state index contributed by atoms with van der Waals surface area (Å²) >= 11 is 6.00. The van der Waals surface area contributed by atoms with Gasteiger partial charge in [0.15, 0.2) is 0 Å². The zero-order valence-electron chi connectivity index (χ0n) is 18.9. The Balaban J connectivity index is 1.86. The molecule has 0 aromatic heterocycles. The Hall–Kier alpha value is -2.90. The summed E-state index contributed by atoms with van der Waals surface area (Å²) in [7, 11) is 1.58. The van der Waals surface area contributed by atoms with Crippen LogP contribution in [-0.4, -0.2) is 61.6 Å². The molecule has 8 heteroatoms. The third-order valence-electron chi connectivity index (χ3n) is 6.63. The van der Waals surface area contributed by atoms with Gasteiger partial charge in [-0.3, -0.25) is 14.4 Å². The normalized spacial score (nSPS) is 23.8. The summed E-state index contributed by atoms with van der Waals surface area (Å²) in [5.74, 6) is -2.17. The first-order valence-corrected chi connectivity index (χ1v) is 11.4. The number of hydrogen-bond acceptors (Lipinski definition) is 5. The summed E-state index contributed by atoms with van der Waals surface area (Å²) in [6.07, 6.45) is 0. The SMILES string of the molecule is CCOC(=O)[C@H]1CN(C(=O)c2ccc(Cl)cc2)[C@]2(C)C(=O)N(CCOC)c3ccccc3[C@H]12. The Labute approximate surface area is 198 Å². The van der Waals surface area contributed by atoms with E-state index in [-0.39, 0.29) is 25.0 Å². The van der Waals surface area contributed by atoms with E-state index in [0.29, 0.717) is 23.7 Å². The molecular formula is C25H27ClN2O5. The van der Waals surface area contributed by atoms with E-state index < -0.39 is 23.3 Å². The maximum atomic E-state index is 14.0. The number of carbonyl (C=O) groups is 3. The standard InChI is InChI=1S/C25H27ClN2O5/c1-4-33-23(30)19-15-28(22(29)16-9-11-17(26)12-10-16)25(2)21(19)18-7-5-6-8-20(18)27(24(25)31)13-14-32-3/h5-12,19,21H,4,13-15H2,1-3H3/t19-,21+,25-/m0/s1. The predicted octanol–water partition coefficient (Wildman–Crippen LogP) is 3.51.